The monoisotopic (exact) mass is 476 g/mol. The Morgan fingerprint density at radius 3 is 2.07 bits per heavy atom. The smallest absolute Gasteiger partial charge is 0.305 e. The molecule has 160 valence electrons. The highest BCUT2D eigenvalue weighted by Gasteiger charge is 2.53. The normalized spacial score (nSPS) is 26.3. The Morgan fingerprint density at radius 2 is 1.59 bits per heavy atom. The van der Waals surface area contributed by atoms with Gasteiger partial charge in [0.1, 0.15) is 18.8 Å². The molecular formula is C17H21BrN2O9. The third-order valence-electron chi connectivity index (χ3n) is 3.83. The van der Waals surface area contributed by atoms with Gasteiger partial charge < -0.3 is 23.7 Å². The number of hydrogen-bond donors (Lipinski definition) is 0. The predicted octanol–water partition coefficient (Wildman–Crippen LogP) is 0.901. The van der Waals surface area contributed by atoms with Gasteiger partial charge in [-0.15, -0.1) is 0 Å². The van der Waals surface area contributed by atoms with Crippen molar-refractivity contribution in [3.63, 3.8) is 0 Å². The molecule has 0 radical (unpaired) electrons. The molecule has 0 aliphatic carbocycles. The summed E-state index contributed by atoms with van der Waals surface area (Å²) in [5, 5.41) is 4.18. The molecule has 29 heavy (non-hydrogen) atoms. The Hall–Kier alpha value is -2.47. The van der Waals surface area contributed by atoms with E-state index in [0.29, 0.717) is 4.47 Å². The molecular weight excluding hydrogens is 456 g/mol. The van der Waals surface area contributed by atoms with E-state index in [9.17, 15) is 19.2 Å². The number of ether oxygens (including phenoxy) is 5. The summed E-state index contributed by atoms with van der Waals surface area (Å²) < 4.78 is 28.7. The van der Waals surface area contributed by atoms with Crippen molar-refractivity contribution in [2.75, 3.05) is 6.61 Å². The Labute approximate surface area is 174 Å². The molecule has 11 nitrogen and oxygen atoms in total. The summed E-state index contributed by atoms with van der Waals surface area (Å²) in [6.45, 7) is 4.44. The Bertz CT molecular complexity index is 781. The van der Waals surface area contributed by atoms with Crippen LogP contribution in [-0.4, -0.2) is 64.9 Å². The number of carbonyl (C=O) groups excluding carboxylic acids is 4. The molecule has 0 spiro atoms. The van der Waals surface area contributed by atoms with Crippen LogP contribution in [0.2, 0.25) is 0 Å². The van der Waals surface area contributed by atoms with Crippen molar-refractivity contribution < 1.29 is 42.9 Å². The second-order valence-electron chi connectivity index (χ2n) is 6.23. The first-order valence-corrected chi connectivity index (χ1v) is 9.38. The number of nitrogens with zero attached hydrogens (tertiary/aromatic N) is 2. The zero-order chi connectivity index (χ0) is 21.7. The second-order valence-corrected chi connectivity index (χ2v) is 7.15. The topological polar surface area (TPSA) is 132 Å². The molecule has 2 rings (SSSR count). The summed E-state index contributed by atoms with van der Waals surface area (Å²) in [6, 6.07) is -0.937. The summed E-state index contributed by atoms with van der Waals surface area (Å²) in [4.78, 5) is 46.3. The van der Waals surface area contributed by atoms with Crippen molar-refractivity contribution in [1.29, 1.82) is 0 Å². The van der Waals surface area contributed by atoms with Crippen LogP contribution in [0.4, 0.5) is 0 Å². The van der Waals surface area contributed by atoms with Crippen molar-refractivity contribution >= 4 is 39.8 Å². The fourth-order valence-electron chi connectivity index (χ4n) is 2.92. The molecule has 0 saturated carbocycles. The first kappa shape index (κ1) is 22.8. The van der Waals surface area contributed by atoms with Gasteiger partial charge in [0.15, 0.2) is 12.2 Å². The van der Waals surface area contributed by atoms with E-state index in [0.717, 1.165) is 6.92 Å². The number of aromatic nitrogens is 2. The molecule has 0 aromatic carbocycles. The van der Waals surface area contributed by atoms with Gasteiger partial charge in [-0.2, -0.15) is 5.10 Å². The van der Waals surface area contributed by atoms with Crippen LogP contribution in [0.5, 0.6) is 0 Å². The summed E-state index contributed by atoms with van der Waals surface area (Å²) in [6.07, 6.45) is -1.59. The van der Waals surface area contributed by atoms with E-state index in [1.807, 2.05) is 0 Å². The zero-order valence-corrected chi connectivity index (χ0v) is 17.8. The van der Waals surface area contributed by atoms with E-state index in [4.69, 9.17) is 23.7 Å². The lowest BCUT2D eigenvalue weighted by molar-refractivity contribution is -0.285. The fourth-order valence-corrected chi connectivity index (χ4v) is 3.22. The number of hydrogen-bond acceptors (Lipinski definition) is 10. The van der Waals surface area contributed by atoms with Crippen LogP contribution in [0.25, 0.3) is 0 Å². The molecule has 1 aromatic rings. The molecule has 1 aliphatic heterocycles. The number of carbonyl (C=O) groups is 4. The maximum Gasteiger partial charge on any atom is 0.305 e. The molecule has 1 fully saturated rings. The summed E-state index contributed by atoms with van der Waals surface area (Å²) in [5.74, 6) is -2.59. The van der Waals surface area contributed by atoms with Gasteiger partial charge in [-0.1, -0.05) is 0 Å². The number of halogens is 1. The van der Waals surface area contributed by atoms with E-state index in [2.05, 4.69) is 21.0 Å². The quantitative estimate of drug-likeness (QED) is 0.430. The average molecular weight is 477 g/mol. The first-order valence-electron chi connectivity index (χ1n) is 8.58. The minimum Gasteiger partial charge on any atom is -0.463 e. The highest BCUT2D eigenvalue weighted by molar-refractivity contribution is 9.10. The van der Waals surface area contributed by atoms with Gasteiger partial charge in [0.25, 0.3) is 0 Å². The largest absolute Gasteiger partial charge is 0.463 e. The molecule has 2 heterocycles. The molecule has 0 amide bonds. The van der Waals surface area contributed by atoms with Crippen LogP contribution in [-0.2, 0) is 42.9 Å². The van der Waals surface area contributed by atoms with Gasteiger partial charge in [0.2, 0.25) is 6.29 Å². The lowest BCUT2D eigenvalue weighted by Gasteiger charge is -2.44. The van der Waals surface area contributed by atoms with Crippen LogP contribution in [0, 0.1) is 0 Å². The molecule has 12 heteroatoms. The molecule has 3 unspecified atom stereocenters. The zero-order valence-electron chi connectivity index (χ0n) is 16.2. The van der Waals surface area contributed by atoms with Crippen LogP contribution in [0.15, 0.2) is 16.9 Å². The van der Waals surface area contributed by atoms with Crippen LogP contribution in [0.1, 0.15) is 33.7 Å². The summed E-state index contributed by atoms with van der Waals surface area (Å²) in [7, 11) is 0. The standard InChI is InChI=1S/C17H21BrN2O9/c1-8(21)25-7-13-15(26-9(2)22)14(20-6-12(18)5-19-20)16(27-10(3)23)17(29-13)28-11(4)24/h5-6,13-17H,7H2,1-4H3/t13?,14?,15-,16?,17+/m0/s1. The first-order chi connectivity index (χ1) is 13.6. The lowest BCUT2D eigenvalue weighted by Crippen LogP contribution is -2.59. The van der Waals surface area contributed by atoms with Gasteiger partial charge in [0.05, 0.1) is 10.7 Å². The fraction of sp³-hybridized carbons (Fsp3) is 0.588. The van der Waals surface area contributed by atoms with Gasteiger partial charge >= 0.3 is 23.9 Å². The Kier molecular flexibility index (Phi) is 7.73. The number of esters is 4. The second kappa shape index (κ2) is 9.83. The maximum absolute atomic E-state index is 11.7. The molecule has 1 aliphatic rings. The van der Waals surface area contributed by atoms with Gasteiger partial charge in [-0.3, -0.25) is 23.9 Å². The van der Waals surface area contributed by atoms with Crippen molar-refractivity contribution in [2.45, 2.75) is 58.3 Å². The molecule has 1 aromatic heterocycles. The van der Waals surface area contributed by atoms with Crippen molar-refractivity contribution in [1.82, 2.24) is 9.78 Å². The third kappa shape index (κ3) is 6.26. The van der Waals surface area contributed by atoms with Gasteiger partial charge in [-0.25, -0.2) is 0 Å². The van der Waals surface area contributed by atoms with Crippen LogP contribution < -0.4 is 0 Å². The summed E-state index contributed by atoms with van der Waals surface area (Å²) in [5.41, 5.74) is 0. The van der Waals surface area contributed by atoms with E-state index >= 15 is 0 Å². The van der Waals surface area contributed by atoms with E-state index in [-0.39, 0.29) is 6.61 Å². The van der Waals surface area contributed by atoms with Crippen molar-refractivity contribution in [2.24, 2.45) is 0 Å². The highest BCUT2D eigenvalue weighted by Crippen LogP contribution is 2.35. The Morgan fingerprint density at radius 1 is 1.00 bits per heavy atom. The Balaban J connectivity index is 2.52. The summed E-state index contributed by atoms with van der Waals surface area (Å²) >= 11 is 3.28. The highest BCUT2D eigenvalue weighted by atomic mass is 79.9. The minimum absolute atomic E-state index is 0.295. The van der Waals surface area contributed by atoms with Crippen LogP contribution in [0.3, 0.4) is 0 Å². The number of rotatable bonds is 6. The average Bonchev–Trinajstić information content (AvgIpc) is 3.00. The molecule has 5 atom stereocenters. The van der Waals surface area contributed by atoms with Gasteiger partial charge in [0, 0.05) is 33.9 Å². The lowest BCUT2D eigenvalue weighted by atomic mass is 9.95. The third-order valence-corrected chi connectivity index (χ3v) is 4.24. The molecule has 0 bridgehead atoms. The van der Waals surface area contributed by atoms with Crippen molar-refractivity contribution in [3.05, 3.63) is 16.9 Å². The predicted molar refractivity (Wildman–Crippen MR) is 97.1 cm³/mol. The molecule has 0 N–H and O–H groups in total. The van der Waals surface area contributed by atoms with Crippen molar-refractivity contribution in [3.8, 4) is 0 Å². The van der Waals surface area contributed by atoms with E-state index in [1.54, 1.807) is 6.20 Å². The van der Waals surface area contributed by atoms with Crippen LogP contribution >= 0.6 is 15.9 Å². The van der Waals surface area contributed by atoms with E-state index < -0.39 is 54.5 Å². The van der Waals surface area contributed by atoms with E-state index in [1.165, 1.54) is 31.6 Å². The SMILES string of the molecule is CC(=O)OCC1O[C@@H](OC(C)=O)C(OC(C)=O)C(n2cc(Br)cn2)[C@H]1OC(C)=O. The minimum atomic E-state index is -1.35. The maximum atomic E-state index is 11.7. The van der Waals surface area contributed by atoms with Gasteiger partial charge in [-0.05, 0) is 15.9 Å². The molecule has 1 saturated heterocycles.